The summed E-state index contributed by atoms with van der Waals surface area (Å²) in [5.74, 6) is 0.805. The van der Waals surface area contributed by atoms with Crippen molar-refractivity contribution in [3.8, 4) is 5.75 Å². The van der Waals surface area contributed by atoms with Gasteiger partial charge in [-0.1, -0.05) is 24.6 Å². The Morgan fingerprint density at radius 1 is 1.18 bits per heavy atom. The fourth-order valence-corrected chi connectivity index (χ4v) is 4.44. The third-order valence-corrected chi connectivity index (χ3v) is 6.30. The Balaban J connectivity index is 1.61. The Hall–Kier alpha value is -2.38. The van der Waals surface area contributed by atoms with Crippen molar-refractivity contribution in [2.45, 2.75) is 38.5 Å². The van der Waals surface area contributed by atoms with Gasteiger partial charge < -0.3 is 9.64 Å². The molecule has 0 saturated heterocycles. The van der Waals surface area contributed by atoms with Crippen molar-refractivity contribution in [1.82, 2.24) is 4.72 Å². The minimum atomic E-state index is -3.63. The monoisotopic (exact) mass is 402 g/mol. The topological polar surface area (TPSA) is 75.7 Å². The molecule has 0 radical (unpaired) electrons. The minimum Gasteiger partial charge on any atom is -0.492 e. The van der Waals surface area contributed by atoms with Crippen molar-refractivity contribution in [2.75, 3.05) is 24.6 Å². The molecule has 1 N–H and O–H groups in total. The molecule has 2 aromatic carbocycles. The fourth-order valence-electron chi connectivity index (χ4n) is 3.38. The third-order valence-electron chi connectivity index (χ3n) is 4.84. The van der Waals surface area contributed by atoms with Gasteiger partial charge in [-0.3, -0.25) is 4.79 Å². The zero-order valence-corrected chi connectivity index (χ0v) is 17.3. The highest BCUT2D eigenvalue weighted by molar-refractivity contribution is 7.89. The van der Waals surface area contributed by atoms with Gasteiger partial charge in [-0.2, -0.15) is 0 Å². The van der Waals surface area contributed by atoms with Crippen LogP contribution < -0.4 is 14.4 Å². The number of amides is 1. The van der Waals surface area contributed by atoms with Crippen LogP contribution >= 0.6 is 0 Å². The molecule has 0 atom stereocenters. The molecule has 0 aliphatic carbocycles. The molecular formula is C21H26N2O4S. The summed E-state index contributed by atoms with van der Waals surface area (Å²) in [6, 6.07) is 10.8. The number of fused-ring (bicyclic) bond motifs is 1. The highest BCUT2D eigenvalue weighted by Crippen LogP contribution is 2.30. The van der Waals surface area contributed by atoms with E-state index in [1.807, 2.05) is 39.0 Å². The normalized spacial score (nSPS) is 13.5. The first-order valence-corrected chi connectivity index (χ1v) is 10.9. The van der Waals surface area contributed by atoms with Crippen LogP contribution in [0, 0.1) is 13.8 Å². The average Bonchev–Trinajstić information content (AvgIpc) is 3.09. The maximum absolute atomic E-state index is 12.6. The number of hydrogen-bond donors (Lipinski definition) is 1. The molecule has 150 valence electrons. The number of sulfonamides is 1. The van der Waals surface area contributed by atoms with Crippen LogP contribution in [0.5, 0.6) is 5.75 Å². The first kappa shape index (κ1) is 20.4. The Kier molecular flexibility index (Phi) is 6.05. The highest BCUT2D eigenvalue weighted by atomic mass is 32.2. The summed E-state index contributed by atoms with van der Waals surface area (Å²) < 4.78 is 33.4. The van der Waals surface area contributed by atoms with E-state index in [9.17, 15) is 13.2 Å². The zero-order chi connectivity index (χ0) is 20.3. The van der Waals surface area contributed by atoms with Crippen LogP contribution in [0.2, 0.25) is 0 Å². The second-order valence-electron chi connectivity index (χ2n) is 6.95. The lowest BCUT2D eigenvalue weighted by Crippen LogP contribution is -2.29. The van der Waals surface area contributed by atoms with E-state index in [2.05, 4.69) is 4.72 Å². The quantitative estimate of drug-likeness (QED) is 0.723. The van der Waals surface area contributed by atoms with Crippen molar-refractivity contribution in [2.24, 2.45) is 0 Å². The van der Waals surface area contributed by atoms with Gasteiger partial charge in [-0.25, -0.2) is 13.1 Å². The summed E-state index contributed by atoms with van der Waals surface area (Å²) in [7, 11) is -3.63. The van der Waals surface area contributed by atoms with Gasteiger partial charge in [-0.15, -0.1) is 0 Å². The average molecular weight is 403 g/mol. The van der Waals surface area contributed by atoms with Crippen molar-refractivity contribution < 1.29 is 17.9 Å². The highest BCUT2D eigenvalue weighted by Gasteiger charge is 2.25. The SMILES string of the molecule is CCC(=O)N1CCc2cc(S(=O)(=O)NCCOc3ccc(C)cc3C)ccc21. The van der Waals surface area contributed by atoms with Gasteiger partial charge >= 0.3 is 0 Å². The second kappa shape index (κ2) is 8.32. The molecule has 1 aliphatic heterocycles. The van der Waals surface area contributed by atoms with Gasteiger partial charge in [0.1, 0.15) is 12.4 Å². The fraction of sp³-hybridized carbons (Fsp3) is 0.381. The van der Waals surface area contributed by atoms with Crippen LogP contribution in [-0.2, 0) is 21.2 Å². The predicted octanol–water partition coefficient (Wildman–Crippen LogP) is 2.96. The summed E-state index contributed by atoms with van der Waals surface area (Å²) in [6.07, 6.45) is 1.10. The van der Waals surface area contributed by atoms with E-state index in [1.54, 1.807) is 23.1 Å². The van der Waals surface area contributed by atoms with Crippen LogP contribution in [0.25, 0.3) is 0 Å². The third kappa shape index (κ3) is 4.36. The standard InChI is InChI=1S/C21H26N2O4S/c1-4-21(24)23-11-9-17-14-18(6-7-19(17)23)28(25,26)22-10-12-27-20-8-5-15(2)13-16(20)3/h5-8,13-14,22H,4,9-12H2,1-3H3. The van der Waals surface area contributed by atoms with Crippen molar-refractivity contribution in [3.63, 3.8) is 0 Å². The van der Waals surface area contributed by atoms with E-state index in [0.717, 1.165) is 28.1 Å². The number of carbonyl (C=O) groups excluding carboxylic acids is 1. The lowest BCUT2D eigenvalue weighted by molar-refractivity contribution is -0.118. The van der Waals surface area contributed by atoms with E-state index in [4.69, 9.17) is 4.74 Å². The van der Waals surface area contributed by atoms with Crippen LogP contribution in [0.1, 0.15) is 30.0 Å². The molecule has 0 aromatic heterocycles. The second-order valence-corrected chi connectivity index (χ2v) is 8.72. The molecule has 3 rings (SSSR count). The molecule has 1 heterocycles. The number of carbonyl (C=O) groups is 1. The maximum atomic E-state index is 12.6. The summed E-state index contributed by atoms with van der Waals surface area (Å²) in [5.41, 5.74) is 3.87. The number of nitrogens with zero attached hydrogens (tertiary/aromatic N) is 1. The van der Waals surface area contributed by atoms with Crippen molar-refractivity contribution >= 4 is 21.6 Å². The molecule has 6 nitrogen and oxygen atoms in total. The molecule has 0 bridgehead atoms. The summed E-state index contributed by atoms with van der Waals surface area (Å²) >= 11 is 0. The lowest BCUT2D eigenvalue weighted by Gasteiger charge is -2.16. The van der Waals surface area contributed by atoms with Crippen LogP contribution in [0.4, 0.5) is 5.69 Å². The van der Waals surface area contributed by atoms with E-state index in [-0.39, 0.29) is 24.0 Å². The summed E-state index contributed by atoms with van der Waals surface area (Å²) in [4.78, 5) is 13.9. The van der Waals surface area contributed by atoms with Gasteiger partial charge in [0.2, 0.25) is 15.9 Å². The molecule has 2 aromatic rings. The van der Waals surface area contributed by atoms with Crippen LogP contribution in [0.3, 0.4) is 0 Å². The Morgan fingerprint density at radius 2 is 1.96 bits per heavy atom. The van der Waals surface area contributed by atoms with Crippen LogP contribution in [-0.4, -0.2) is 34.0 Å². The number of nitrogens with one attached hydrogen (secondary N) is 1. The van der Waals surface area contributed by atoms with E-state index >= 15 is 0 Å². The van der Waals surface area contributed by atoms with Crippen molar-refractivity contribution in [3.05, 3.63) is 53.1 Å². The van der Waals surface area contributed by atoms with Crippen LogP contribution in [0.15, 0.2) is 41.3 Å². The summed E-state index contributed by atoms with van der Waals surface area (Å²) in [6.45, 7) is 6.81. The largest absolute Gasteiger partial charge is 0.492 e. The number of ether oxygens (including phenoxy) is 1. The maximum Gasteiger partial charge on any atom is 0.240 e. The molecule has 0 fully saturated rings. The van der Waals surface area contributed by atoms with Gasteiger partial charge in [0.15, 0.2) is 0 Å². The zero-order valence-electron chi connectivity index (χ0n) is 16.5. The Morgan fingerprint density at radius 3 is 2.68 bits per heavy atom. The molecule has 28 heavy (non-hydrogen) atoms. The van der Waals surface area contributed by atoms with E-state index in [0.29, 0.717) is 19.4 Å². The molecule has 0 saturated carbocycles. The molecule has 1 amide bonds. The van der Waals surface area contributed by atoms with Gasteiger partial charge in [0.25, 0.3) is 0 Å². The number of benzene rings is 2. The number of rotatable bonds is 7. The Bertz CT molecular complexity index is 986. The number of aryl methyl sites for hydroxylation is 2. The molecule has 0 spiro atoms. The van der Waals surface area contributed by atoms with Gasteiger partial charge in [-0.05, 0) is 55.7 Å². The molecule has 0 unspecified atom stereocenters. The number of hydrogen-bond acceptors (Lipinski definition) is 4. The van der Waals surface area contributed by atoms with Crippen molar-refractivity contribution in [1.29, 1.82) is 0 Å². The molecule has 7 heteroatoms. The first-order valence-electron chi connectivity index (χ1n) is 9.45. The Labute approximate surface area is 166 Å². The molecule has 1 aliphatic rings. The van der Waals surface area contributed by atoms with Gasteiger partial charge in [0.05, 0.1) is 4.90 Å². The summed E-state index contributed by atoms with van der Waals surface area (Å²) in [5, 5.41) is 0. The number of anilines is 1. The molecular weight excluding hydrogens is 376 g/mol. The van der Waals surface area contributed by atoms with E-state index < -0.39 is 10.0 Å². The minimum absolute atomic E-state index is 0.0519. The predicted molar refractivity (Wildman–Crippen MR) is 109 cm³/mol. The smallest absolute Gasteiger partial charge is 0.240 e. The first-order chi connectivity index (χ1) is 13.3. The van der Waals surface area contributed by atoms with Gasteiger partial charge in [0, 0.05) is 25.2 Å². The van der Waals surface area contributed by atoms with E-state index in [1.165, 1.54) is 0 Å². The lowest BCUT2D eigenvalue weighted by atomic mass is 10.1.